The number of amides is 1. The van der Waals surface area contributed by atoms with E-state index in [4.69, 9.17) is 11.6 Å². The lowest BCUT2D eigenvalue weighted by molar-refractivity contribution is -0.114. The fourth-order valence-electron chi connectivity index (χ4n) is 1.79. The summed E-state index contributed by atoms with van der Waals surface area (Å²) in [6.45, 7) is 4.16. The van der Waals surface area contributed by atoms with E-state index >= 15 is 0 Å². The molecular weight excluding hydrogens is 272 g/mol. The van der Waals surface area contributed by atoms with E-state index in [2.05, 4.69) is 10.6 Å². The topological polar surface area (TPSA) is 41.1 Å². The molecule has 2 N–H and O–H groups in total. The van der Waals surface area contributed by atoms with Crippen molar-refractivity contribution in [1.29, 1.82) is 0 Å². The molecule has 0 saturated carbocycles. The van der Waals surface area contributed by atoms with Gasteiger partial charge in [-0.2, -0.15) is 0 Å². The minimum Gasteiger partial charge on any atom is -0.375 e. The van der Waals surface area contributed by atoms with Crippen molar-refractivity contribution in [2.45, 2.75) is 13.8 Å². The third kappa shape index (κ3) is 4.00. The molecule has 104 valence electrons. The molecule has 0 aliphatic heterocycles. The van der Waals surface area contributed by atoms with E-state index in [9.17, 15) is 4.79 Å². The van der Waals surface area contributed by atoms with Crippen molar-refractivity contribution in [3.63, 3.8) is 0 Å². The first kappa shape index (κ1) is 14.4. The number of carbonyl (C=O) groups excluding carboxylic acids is 1. The van der Waals surface area contributed by atoms with Crippen LogP contribution in [0.2, 0.25) is 5.02 Å². The van der Waals surface area contributed by atoms with Crippen LogP contribution in [-0.2, 0) is 4.79 Å². The van der Waals surface area contributed by atoms with Crippen LogP contribution >= 0.6 is 11.6 Å². The van der Waals surface area contributed by atoms with Gasteiger partial charge >= 0.3 is 0 Å². The molecule has 1 amide bonds. The molecular formula is C16H17ClN2O. The van der Waals surface area contributed by atoms with Gasteiger partial charge in [0.1, 0.15) is 0 Å². The maximum atomic E-state index is 11.9. The van der Waals surface area contributed by atoms with E-state index < -0.39 is 0 Å². The highest BCUT2D eigenvalue weighted by atomic mass is 35.5. The zero-order valence-corrected chi connectivity index (χ0v) is 12.3. The largest absolute Gasteiger partial charge is 0.375 e. The second kappa shape index (κ2) is 6.44. The molecule has 0 saturated heterocycles. The minimum absolute atomic E-state index is 0.105. The van der Waals surface area contributed by atoms with Gasteiger partial charge in [0.25, 0.3) is 0 Å². The minimum atomic E-state index is -0.105. The average molecular weight is 289 g/mol. The normalized spacial score (nSPS) is 10.2. The van der Waals surface area contributed by atoms with Gasteiger partial charge in [0, 0.05) is 5.69 Å². The van der Waals surface area contributed by atoms with Crippen molar-refractivity contribution in [2.75, 3.05) is 17.2 Å². The number of carbonyl (C=O) groups is 1. The first-order valence-corrected chi connectivity index (χ1v) is 6.79. The number of hydrogen-bond acceptors (Lipinski definition) is 2. The van der Waals surface area contributed by atoms with Crippen LogP contribution in [0.1, 0.15) is 11.1 Å². The van der Waals surface area contributed by atoms with Crippen molar-refractivity contribution in [2.24, 2.45) is 0 Å². The molecule has 0 unspecified atom stereocenters. The Bertz CT molecular complexity index is 608. The van der Waals surface area contributed by atoms with E-state index in [-0.39, 0.29) is 12.5 Å². The molecule has 3 nitrogen and oxygen atoms in total. The molecule has 0 radical (unpaired) electrons. The van der Waals surface area contributed by atoms with E-state index in [1.54, 1.807) is 0 Å². The summed E-state index contributed by atoms with van der Waals surface area (Å²) in [5.74, 6) is -0.105. The van der Waals surface area contributed by atoms with Gasteiger partial charge in [0.05, 0.1) is 17.3 Å². The third-order valence-corrected chi connectivity index (χ3v) is 3.23. The van der Waals surface area contributed by atoms with Crippen LogP contribution in [0, 0.1) is 13.8 Å². The lowest BCUT2D eigenvalue weighted by Crippen LogP contribution is -2.21. The molecule has 4 heteroatoms. The summed E-state index contributed by atoms with van der Waals surface area (Å²) in [6, 6.07) is 13.3. The van der Waals surface area contributed by atoms with E-state index in [0.717, 1.165) is 22.5 Å². The van der Waals surface area contributed by atoms with Crippen LogP contribution in [0.25, 0.3) is 0 Å². The second-order valence-corrected chi connectivity index (χ2v) is 5.16. The lowest BCUT2D eigenvalue weighted by Gasteiger charge is -2.10. The van der Waals surface area contributed by atoms with Gasteiger partial charge in [-0.05, 0) is 43.7 Å². The Morgan fingerprint density at radius 1 is 1.05 bits per heavy atom. The van der Waals surface area contributed by atoms with Gasteiger partial charge in [-0.1, -0.05) is 35.4 Å². The Morgan fingerprint density at radius 2 is 1.70 bits per heavy atom. The highest BCUT2D eigenvalue weighted by Crippen LogP contribution is 2.22. The van der Waals surface area contributed by atoms with Crippen LogP contribution in [-0.4, -0.2) is 12.5 Å². The van der Waals surface area contributed by atoms with Gasteiger partial charge in [0.15, 0.2) is 0 Å². The first-order chi connectivity index (χ1) is 9.54. The molecule has 20 heavy (non-hydrogen) atoms. The zero-order valence-electron chi connectivity index (χ0n) is 11.5. The number of halogens is 1. The fourth-order valence-corrected chi connectivity index (χ4v) is 1.98. The molecule has 0 aliphatic rings. The number of anilines is 2. The first-order valence-electron chi connectivity index (χ1n) is 6.41. The molecule has 0 aromatic heterocycles. The summed E-state index contributed by atoms with van der Waals surface area (Å²) < 4.78 is 0. The number of nitrogens with one attached hydrogen (secondary N) is 2. The molecule has 0 spiro atoms. The molecule has 2 aromatic carbocycles. The Labute approximate surface area is 124 Å². The molecule has 2 rings (SSSR count). The Hall–Kier alpha value is -2.00. The van der Waals surface area contributed by atoms with Crippen LogP contribution in [0.4, 0.5) is 11.4 Å². The van der Waals surface area contributed by atoms with Crippen molar-refractivity contribution < 1.29 is 4.79 Å². The van der Waals surface area contributed by atoms with Gasteiger partial charge < -0.3 is 10.6 Å². The van der Waals surface area contributed by atoms with Gasteiger partial charge in [-0.3, -0.25) is 4.79 Å². The Kier molecular flexibility index (Phi) is 4.64. The van der Waals surface area contributed by atoms with Gasteiger partial charge in [-0.15, -0.1) is 0 Å². The molecule has 0 atom stereocenters. The fraction of sp³-hybridized carbons (Fsp3) is 0.188. The van der Waals surface area contributed by atoms with E-state index in [1.807, 2.05) is 56.3 Å². The summed E-state index contributed by atoms with van der Waals surface area (Å²) in [7, 11) is 0. The van der Waals surface area contributed by atoms with E-state index in [1.165, 1.54) is 0 Å². The molecule has 0 fully saturated rings. The van der Waals surface area contributed by atoms with Crippen LogP contribution < -0.4 is 10.6 Å². The van der Waals surface area contributed by atoms with Gasteiger partial charge in [-0.25, -0.2) is 0 Å². The van der Waals surface area contributed by atoms with Crippen LogP contribution in [0.15, 0.2) is 42.5 Å². The quantitative estimate of drug-likeness (QED) is 0.892. The highest BCUT2D eigenvalue weighted by Gasteiger charge is 2.04. The standard InChI is InChI=1S/C16H17ClN2O/c1-11-3-6-13(7-4-11)19-16(20)10-18-15-9-12(2)5-8-14(15)17/h3-9,18H,10H2,1-2H3,(H,19,20). The number of aryl methyl sites for hydroxylation is 2. The zero-order chi connectivity index (χ0) is 14.5. The maximum Gasteiger partial charge on any atom is 0.243 e. The summed E-state index contributed by atoms with van der Waals surface area (Å²) in [5.41, 5.74) is 3.81. The Balaban J connectivity index is 1.92. The van der Waals surface area contributed by atoms with Gasteiger partial charge in [0.2, 0.25) is 5.91 Å². The Morgan fingerprint density at radius 3 is 2.40 bits per heavy atom. The predicted molar refractivity (Wildman–Crippen MR) is 84.5 cm³/mol. The number of rotatable bonds is 4. The van der Waals surface area contributed by atoms with Crippen molar-refractivity contribution >= 4 is 28.9 Å². The summed E-state index contributed by atoms with van der Waals surface area (Å²) in [6.07, 6.45) is 0. The number of hydrogen-bond donors (Lipinski definition) is 2. The molecule has 2 aromatic rings. The lowest BCUT2D eigenvalue weighted by atomic mass is 10.2. The van der Waals surface area contributed by atoms with Crippen molar-refractivity contribution in [3.05, 3.63) is 58.6 Å². The molecule has 0 aliphatic carbocycles. The highest BCUT2D eigenvalue weighted by molar-refractivity contribution is 6.33. The average Bonchev–Trinajstić information content (AvgIpc) is 2.42. The van der Waals surface area contributed by atoms with Crippen molar-refractivity contribution in [3.8, 4) is 0 Å². The van der Waals surface area contributed by atoms with Crippen molar-refractivity contribution in [1.82, 2.24) is 0 Å². The predicted octanol–water partition coefficient (Wildman–Crippen LogP) is 4.01. The van der Waals surface area contributed by atoms with Crippen LogP contribution in [0.3, 0.4) is 0 Å². The third-order valence-electron chi connectivity index (χ3n) is 2.90. The summed E-state index contributed by atoms with van der Waals surface area (Å²) in [4.78, 5) is 11.9. The summed E-state index contributed by atoms with van der Waals surface area (Å²) in [5, 5.41) is 6.48. The molecule has 0 bridgehead atoms. The summed E-state index contributed by atoms with van der Waals surface area (Å²) >= 11 is 6.06. The molecule has 0 heterocycles. The van der Waals surface area contributed by atoms with E-state index in [0.29, 0.717) is 5.02 Å². The second-order valence-electron chi connectivity index (χ2n) is 4.75. The number of benzene rings is 2. The van der Waals surface area contributed by atoms with Crippen LogP contribution in [0.5, 0.6) is 0 Å². The monoisotopic (exact) mass is 288 g/mol. The maximum absolute atomic E-state index is 11.9. The smallest absolute Gasteiger partial charge is 0.243 e. The SMILES string of the molecule is Cc1ccc(NC(=O)CNc2cc(C)ccc2Cl)cc1.